The van der Waals surface area contributed by atoms with Gasteiger partial charge in [-0.2, -0.15) is 5.26 Å². The summed E-state index contributed by atoms with van der Waals surface area (Å²) in [7, 11) is 0. The number of pyridine rings is 1. The number of aromatic nitrogens is 3. The molecule has 2 fully saturated rings. The van der Waals surface area contributed by atoms with Crippen LogP contribution in [0.1, 0.15) is 5.56 Å². The lowest BCUT2D eigenvalue weighted by molar-refractivity contribution is 0.122. The van der Waals surface area contributed by atoms with E-state index in [0.717, 1.165) is 69.9 Å². The van der Waals surface area contributed by atoms with Crippen LogP contribution in [0.2, 0.25) is 0 Å². The van der Waals surface area contributed by atoms with Crippen LogP contribution in [0.3, 0.4) is 0 Å². The van der Waals surface area contributed by atoms with E-state index in [0.29, 0.717) is 5.56 Å². The molecule has 0 amide bonds. The van der Waals surface area contributed by atoms with Crippen LogP contribution in [0.25, 0.3) is 0 Å². The maximum absolute atomic E-state index is 9.04. The van der Waals surface area contributed by atoms with Gasteiger partial charge in [-0.1, -0.05) is 0 Å². The smallest absolute Gasteiger partial charge is 0.151 e. The molecule has 2 aliphatic heterocycles. The largest absolute Gasteiger partial charge is 0.378 e. The number of hydrogen-bond donors (Lipinski definition) is 0. The minimum atomic E-state index is 0.641. The van der Waals surface area contributed by atoms with Gasteiger partial charge in [0.05, 0.1) is 24.8 Å². The van der Waals surface area contributed by atoms with Crippen molar-refractivity contribution in [2.45, 2.75) is 0 Å². The van der Waals surface area contributed by atoms with Crippen LogP contribution in [0, 0.1) is 11.3 Å². The topological polar surface area (TPSA) is 81.4 Å². The van der Waals surface area contributed by atoms with Crippen molar-refractivity contribution in [3.8, 4) is 6.07 Å². The van der Waals surface area contributed by atoms with Crippen molar-refractivity contribution in [3.63, 3.8) is 0 Å². The Morgan fingerprint density at radius 2 is 1.38 bits per heavy atom. The Hall–Kier alpha value is -2.92. The molecule has 4 heterocycles. The van der Waals surface area contributed by atoms with Crippen LogP contribution in [0.15, 0.2) is 30.5 Å². The molecule has 2 saturated heterocycles. The Morgan fingerprint density at radius 1 is 0.808 bits per heavy atom. The summed E-state index contributed by atoms with van der Waals surface area (Å²) < 4.78 is 5.38. The molecule has 0 atom stereocenters. The van der Waals surface area contributed by atoms with E-state index in [4.69, 9.17) is 10.00 Å². The summed E-state index contributed by atoms with van der Waals surface area (Å²) in [5.74, 6) is 2.67. The first-order chi connectivity index (χ1) is 12.8. The lowest BCUT2D eigenvalue weighted by atomic mass is 10.2. The van der Waals surface area contributed by atoms with Gasteiger partial charge in [0.1, 0.15) is 5.82 Å². The maximum atomic E-state index is 9.04. The molecule has 0 radical (unpaired) electrons. The summed E-state index contributed by atoms with van der Waals surface area (Å²) in [5, 5.41) is 17.9. The zero-order valence-electron chi connectivity index (χ0n) is 14.6. The quantitative estimate of drug-likeness (QED) is 0.807. The predicted octanol–water partition coefficient (Wildman–Crippen LogP) is 0.906. The molecule has 2 aromatic heterocycles. The average Bonchev–Trinajstić information content (AvgIpc) is 2.75. The van der Waals surface area contributed by atoms with E-state index in [2.05, 4.69) is 36.0 Å². The third-order valence-corrected chi connectivity index (χ3v) is 4.77. The third-order valence-electron chi connectivity index (χ3n) is 4.77. The molecule has 0 bridgehead atoms. The van der Waals surface area contributed by atoms with Gasteiger partial charge in [0.2, 0.25) is 0 Å². The molecule has 2 aliphatic rings. The van der Waals surface area contributed by atoms with E-state index in [1.807, 2.05) is 18.2 Å². The predicted molar refractivity (Wildman–Crippen MR) is 98.4 cm³/mol. The first kappa shape index (κ1) is 16.5. The second-order valence-electron chi connectivity index (χ2n) is 6.34. The molecule has 26 heavy (non-hydrogen) atoms. The molecule has 0 spiro atoms. The summed E-state index contributed by atoms with van der Waals surface area (Å²) in [6.07, 6.45) is 1.69. The van der Waals surface area contributed by atoms with Gasteiger partial charge in [0, 0.05) is 45.5 Å². The van der Waals surface area contributed by atoms with Crippen LogP contribution in [0.4, 0.5) is 17.5 Å². The fourth-order valence-corrected chi connectivity index (χ4v) is 3.27. The molecule has 0 unspecified atom stereocenters. The zero-order chi connectivity index (χ0) is 17.8. The van der Waals surface area contributed by atoms with Gasteiger partial charge in [-0.3, -0.25) is 0 Å². The van der Waals surface area contributed by atoms with Crippen molar-refractivity contribution in [2.75, 3.05) is 67.2 Å². The number of morpholine rings is 1. The summed E-state index contributed by atoms with van der Waals surface area (Å²) >= 11 is 0. The highest BCUT2D eigenvalue weighted by Crippen LogP contribution is 2.20. The molecule has 8 nitrogen and oxygen atoms in total. The van der Waals surface area contributed by atoms with E-state index < -0.39 is 0 Å². The molecule has 0 N–H and O–H groups in total. The summed E-state index contributed by atoms with van der Waals surface area (Å²) in [4.78, 5) is 11.0. The number of ether oxygens (including phenoxy) is 1. The zero-order valence-corrected chi connectivity index (χ0v) is 14.6. The molecular weight excluding hydrogens is 330 g/mol. The van der Waals surface area contributed by atoms with E-state index in [1.54, 1.807) is 12.3 Å². The van der Waals surface area contributed by atoms with Crippen LogP contribution >= 0.6 is 0 Å². The fourth-order valence-electron chi connectivity index (χ4n) is 3.27. The van der Waals surface area contributed by atoms with Crippen molar-refractivity contribution in [2.24, 2.45) is 0 Å². The van der Waals surface area contributed by atoms with E-state index in [1.165, 1.54) is 0 Å². The molecule has 134 valence electrons. The number of piperazine rings is 1. The molecule has 2 aromatic rings. The fraction of sp³-hybridized carbons (Fsp3) is 0.444. The normalized spacial score (nSPS) is 17.9. The van der Waals surface area contributed by atoms with E-state index in [-0.39, 0.29) is 0 Å². The Balaban J connectivity index is 1.37. The van der Waals surface area contributed by atoms with Crippen LogP contribution in [-0.2, 0) is 4.74 Å². The Labute approximate surface area is 152 Å². The molecule has 0 saturated carbocycles. The summed E-state index contributed by atoms with van der Waals surface area (Å²) in [6.45, 7) is 6.60. The van der Waals surface area contributed by atoms with Crippen molar-refractivity contribution < 1.29 is 4.74 Å². The summed E-state index contributed by atoms with van der Waals surface area (Å²) in [6, 6.07) is 9.82. The third kappa shape index (κ3) is 3.53. The first-order valence-electron chi connectivity index (χ1n) is 8.86. The van der Waals surface area contributed by atoms with Gasteiger partial charge in [-0.15, -0.1) is 10.2 Å². The number of nitrogens with zero attached hydrogens (tertiary/aromatic N) is 7. The highest BCUT2D eigenvalue weighted by atomic mass is 16.5. The monoisotopic (exact) mass is 351 g/mol. The number of nitriles is 1. The molecule has 4 rings (SSSR count). The second-order valence-corrected chi connectivity index (χ2v) is 6.34. The Kier molecular flexibility index (Phi) is 4.80. The highest BCUT2D eigenvalue weighted by molar-refractivity contribution is 5.49. The number of anilines is 3. The molecule has 0 aliphatic carbocycles. The minimum absolute atomic E-state index is 0.641. The van der Waals surface area contributed by atoms with Crippen molar-refractivity contribution in [1.29, 1.82) is 5.26 Å². The molecule has 8 heteroatoms. The van der Waals surface area contributed by atoms with Crippen LogP contribution < -0.4 is 14.7 Å². The number of hydrogen-bond acceptors (Lipinski definition) is 8. The SMILES string of the molecule is N#Cc1ccnc(N2CCN(c3ccc(N4CCOCC4)nn3)CC2)c1. The lowest BCUT2D eigenvalue weighted by Crippen LogP contribution is -2.47. The van der Waals surface area contributed by atoms with Crippen molar-refractivity contribution in [3.05, 3.63) is 36.0 Å². The second kappa shape index (κ2) is 7.54. The van der Waals surface area contributed by atoms with Crippen molar-refractivity contribution in [1.82, 2.24) is 15.2 Å². The average molecular weight is 351 g/mol. The Bertz CT molecular complexity index is 775. The Morgan fingerprint density at radius 3 is 1.96 bits per heavy atom. The van der Waals surface area contributed by atoms with E-state index >= 15 is 0 Å². The first-order valence-corrected chi connectivity index (χ1v) is 8.86. The molecule has 0 aromatic carbocycles. The van der Waals surface area contributed by atoms with Gasteiger partial charge >= 0.3 is 0 Å². The van der Waals surface area contributed by atoms with Gasteiger partial charge in [-0.25, -0.2) is 4.98 Å². The van der Waals surface area contributed by atoms with E-state index in [9.17, 15) is 0 Å². The van der Waals surface area contributed by atoms with Crippen LogP contribution in [-0.4, -0.2) is 67.7 Å². The highest BCUT2D eigenvalue weighted by Gasteiger charge is 2.20. The minimum Gasteiger partial charge on any atom is -0.378 e. The summed E-state index contributed by atoms with van der Waals surface area (Å²) in [5.41, 5.74) is 0.641. The molecular formula is C18H21N7O. The number of rotatable bonds is 3. The van der Waals surface area contributed by atoms with Crippen molar-refractivity contribution >= 4 is 17.5 Å². The van der Waals surface area contributed by atoms with Gasteiger partial charge < -0.3 is 19.4 Å². The van der Waals surface area contributed by atoms with Gasteiger partial charge in [-0.05, 0) is 24.3 Å². The standard InChI is InChI=1S/C18H21N7O/c19-14-15-3-4-20-18(13-15)24-7-5-23(6-8-24)16-1-2-17(22-21-16)25-9-11-26-12-10-25/h1-4,13H,5-12H2. The maximum Gasteiger partial charge on any atom is 0.151 e. The van der Waals surface area contributed by atoms with Gasteiger partial charge in [0.15, 0.2) is 11.6 Å². The van der Waals surface area contributed by atoms with Crippen LogP contribution in [0.5, 0.6) is 0 Å². The lowest BCUT2D eigenvalue weighted by Gasteiger charge is -2.36. The van der Waals surface area contributed by atoms with Gasteiger partial charge in [0.25, 0.3) is 0 Å².